The van der Waals surface area contributed by atoms with Gasteiger partial charge in [-0.3, -0.25) is 4.79 Å². The van der Waals surface area contributed by atoms with Gasteiger partial charge in [-0.05, 0) is 24.6 Å². The number of rotatable bonds is 4. The normalized spacial score (nSPS) is 14.2. The fourth-order valence-corrected chi connectivity index (χ4v) is 2.83. The average Bonchev–Trinajstić information content (AvgIpc) is 3.15. The zero-order valence-corrected chi connectivity index (χ0v) is 13.4. The number of hydrogen-bond donors (Lipinski definition) is 1. The SMILES string of the molecule is CC(C)c1nnc(C(=O)NC(C)c2ccc3c(c2)OCO3)s1. The molecular formula is C15H17N3O3S. The van der Waals surface area contributed by atoms with Gasteiger partial charge in [0.05, 0.1) is 6.04 Å². The summed E-state index contributed by atoms with van der Waals surface area (Å²) >= 11 is 1.33. The van der Waals surface area contributed by atoms with Crippen molar-refractivity contribution in [3.8, 4) is 11.5 Å². The van der Waals surface area contributed by atoms with E-state index in [0.717, 1.165) is 16.3 Å². The minimum atomic E-state index is -0.213. The van der Waals surface area contributed by atoms with Crippen LogP contribution in [-0.2, 0) is 0 Å². The monoisotopic (exact) mass is 319 g/mol. The third-order valence-electron chi connectivity index (χ3n) is 3.37. The van der Waals surface area contributed by atoms with Crippen molar-refractivity contribution in [2.45, 2.75) is 32.7 Å². The highest BCUT2D eigenvalue weighted by atomic mass is 32.1. The van der Waals surface area contributed by atoms with Gasteiger partial charge in [-0.1, -0.05) is 31.3 Å². The second kappa shape index (κ2) is 5.92. The molecule has 3 rings (SSSR count). The molecule has 1 unspecified atom stereocenters. The number of fused-ring (bicyclic) bond motifs is 1. The van der Waals surface area contributed by atoms with Crippen molar-refractivity contribution in [1.29, 1.82) is 0 Å². The summed E-state index contributed by atoms with van der Waals surface area (Å²) in [6.45, 7) is 6.21. The summed E-state index contributed by atoms with van der Waals surface area (Å²) in [6.07, 6.45) is 0. The van der Waals surface area contributed by atoms with Crippen LogP contribution in [0.25, 0.3) is 0 Å². The van der Waals surface area contributed by atoms with E-state index in [1.807, 2.05) is 39.0 Å². The smallest absolute Gasteiger partial charge is 0.282 e. The Labute approximate surface area is 132 Å². The molecule has 1 atom stereocenters. The third-order valence-corrected chi connectivity index (χ3v) is 4.60. The molecule has 0 bridgehead atoms. The molecule has 1 amide bonds. The highest BCUT2D eigenvalue weighted by Crippen LogP contribution is 2.34. The molecule has 0 radical (unpaired) electrons. The van der Waals surface area contributed by atoms with E-state index >= 15 is 0 Å². The predicted octanol–water partition coefficient (Wildman–Crippen LogP) is 2.88. The maximum atomic E-state index is 12.2. The number of benzene rings is 1. The van der Waals surface area contributed by atoms with Crippen LogP contribution in [-0.4, -0.2) is 22.9 Å². The first kappa shape index (κ1) is 14.8. The zero-order chi connectivity index (χ0) is 15.7. The van der Waals surface area contributed by atoms with Crippen LogP contribution in [0.15, 0.2) is 18.2 Å². The summed E-state index contributed by atoms with van der Waals surface area (Å²) in [5, 5.41) is 12.2. The molecule has 2 heterocycles. The molecular weight excluding hydrogens is 302 g/mol. The molecule has 0 fully saturated rings. The Balaban J connectivity index is 1.70. The number of hydrogen-bond acceptors (Lipinski definition) is 6. The highest BCUT2D eigenvalue weighted by molar-refractivity contribution is 7.13. The Bertz CT molecular complexity index is 699. The summed E-state index contributed by atoms with van der Waals surface area (Å²) in [5.74, 6) is 1.49. The van der Waals surface area contributed by atoms with Gasteiger partial charge in [-0.2, -0.15) is 0 Å². The van der Waals surface area contributed by atoms with Crippen LogP contribution >= 0.6 is 11.3 Å². The largest absolute Gasteiger partial charge is 0.454 e. The van der Waals surface area contributed by atoms with Crippen molar-refractivity contribution < 1.29 is 14.3 Å². The second-order valence-corrected chi connectivity index (χ2v) is 6.42. The van der Waals surface area contributed by atoms with Crippen LogP contribution in [0.1, 0.15) is 53.1 Å². The lowest BCUT2D eigenvalue weighted by atomic mass is 10.1. The van der Waals surface area contributed by atoms with Gasteiger partial charge in [0.25, 0.3) is 5.91 Å². The van der Waals surface area contributed by atoms with Crippen molar-refractivity contribution in [3.05, 3.63) is 33.8 Å². The molecule has 0 spiro atoms. The molecule has 1 N–H and O–H groups in total. The Kier molecular flexibility index (Phi) is 3.98. The Hall–Kier alpha value is -2.15. The van der Waals surface area contributed by atoms with Crippen LogP contribution in [0.2, 0.25) is 0 Å². The summed E-state index contributed by atoms with van der Waals surface area (Å²) in [7, 11) is 0. The van der Waals surface area contributed by atoms with E-state index in [2.05, 4.69) is 15.5 Å². The van der Waals surface area contributed by atoms with Crippen LogP contribution in [0.3, 0.4) is 0 Å². The number of nitrogens with zero attached hydrogens (tertiary/aromatic N) is 2. The molecule has 7 heteroatoms. The van der Waals surface area contributed by atoms with Crippen LogP contribution in [0, 0.1) is 0 Å². The number of nitrogens with one attached hydrogen (secondary N) is 1. The fraction of sp³-hybridized carbons (Fsp3) is 0.400. The van der Waals surface area contributed by atoms with Gasteiger partial charge < -0.3 is 14.8 Å². The molecule has 0 saturated heterocycles. The second-order valence-electron chi connectivity index (χ2n) is 5.41. The Morgan fingerprint density at radius 1 is 1.23 bits per heavy atom. The predicted molar refractivity (Wildman–Crippen MR) is 82.4 cm³/mol. The topological polar surface area (TPSA) is 73.3 Å². The average molecular weight is 319 g/mol. The van der Waals surface area contributed by atoms with Crippen LogP contribution < -0.4 is 14.8 Å². The van der Waals surface area contributed by atoms with Crippen LogP contribution in [0.5, 0.6) is 11.5 Å². The van der Waals surface area contributed by atoms with E-state index in [1.54, 1.807) is 0 Å². The number of carbonyl (C=O) groups is 1. The standard InChI is InChI=1S/C15H17N3O3S/c1-8(2)14-17-18-15(22-14)13(19)16-9(3)10-4-5-11-12(6-10)21-7-20-11/h4-6,8-9H,7H2,1-3H3,(H,16,19). The maximum Gasteiger partial charge on any atom is 0.282 e. The third kappa shape index (κ3) is 2.89. The summed E-state index contributed by atoms with van der Waals surface area (Å²) < 4.78 is 10.6. The van der Waals surface area contributed by atoms with Crippen molar-refractivity contribution in [2.24, 2.45) is 0 Å². The van der Waals surface area contributed by atoms with E-state index in [1.165, 1.54) is 11.3 Å². The zero-order valence-electron chi connectivity index (χ0n) is 12.6. The number of ether oxygens (including phenoxy) is 2. The van der Waals surface area contributed by atoms with Gasteiger partial charge in [-0.15, -0.1) is 10.2 Å². The molecule has 6 nitrogen and oxygen atoms in total. The van der Waals surface area contributed by atoms with E-state index in [0.29, 0.717) is 10.8 Å². The van der Waals surface area contributed by atoms with Gasteiger partial charge in [0.1, 0.15) is 5.01 Å². The molecule has 1 aromatic heterocycles. The number of aromatic nitrogens is 2. The van der Waals surface area contributed by atoms with Crippen molar-refractivity contribution >= 4 is 17.2 Å². The summed E-state index contributed by atoms with van der Waals surface area (Å²) in [5.41, 5.74) is 0.950. The summed E-state index contributed by atoms with van der Waals surface area (Å²) in [6, 6.07) is 5.49. The number of carbonyl (C=O) groups excluding carboxylic acids is 1. The van der Waals surface area contributed by atoms with Crippen LogP contribution in [0.4, 0.5) is 0 Å². The van der Waals surface area contributed by atoms with Crippen molar-refractivity contribution in [1.82, 2.24) is 15.5 Å². The molecule has 1 aliphatic rings. The van der Waals surface area contributed by atoms with Crippen molar-refractivity contribution in [2.75, 3.05) is 6.79 Å². The molecule has 0 aliphatic carbocycles. The summed E-state index contributed by atoms with van der Waals surface area (Å²) in [4.78, 5) is 12.2. The van der Waals surface area contributed by atoms with Gasteiger partial charge in [0.2, 0.25) is 11.8 Å². The molecule has 0 saturated carbocycles. The first-order valence-electron chi connectivity index (χ1n) is 7.08. The Morgan fingerprint density at radius 3 is 2.73 bits per heavy atom. The lowest BCUT2D eigenvalue weighted by molar-refractivity contribution is 0.0938. The number of amides is 1. The van der Waals surface area contributed by atoms with E-state index in [9.17, 15) is 4.79 Å². The molecule has 1 aliphatic heterocycles. The minimum absolute atomic E-state index is 0.159. The molecule has 2 aromatic rings. The fourth-order valence-electron chi connectivity index (χ4n) is 2.08. The maximum absolute atomic E-state index is 12.2. The van der Waals surface area contributed by atoms with Gasteiger partial charge in [-0.25, -0.2) is 0 Å². The van der Waals surface area contributed by atoms with E-state index in [4.69, 9.17) is 9.47 Å². The molecule has 116 valence electrons. The van der Waals surface area contributed by atoms with Gasteiger partial charge >= 0.3 is 0 Å². The van der Waals surface area contributed by atoms with E-state index < -0.39 is 0 Å². The quantitative estimate of drug-likeness (QED) is 0.938. The first-order valence-corrected chi connectivity index (χ1v) is 7.90. The lowest BCUT2D eigenvalue weighted by Gasteiger charge is -2.13. The Morgan fingerprint density at radius 2 is 2.00 bits per heavy atom. The van der Waals surface area contributed by atoms with E-state index in [-0.39, 0.29) is 24.7 Å². The molecule has 1 aromatic carbocycles. The lowest BCUT2D eigenvalue weighted by Crippen LogP contribution is -2.26. The van der Waals surface area contributed by atoms with Crippen molar-refractivity contribution in [3.63, 3.8) is 0 Å². The highest BCUT2D eigenvalue weighted by Gasteiger charge is 2.19. The molecule has 22 heavy (non-hydrogen) atoms. The minimum Gasteiger partial charge on any atom is -0.454 e. The van der Waals surface area contributed by atoms with Gasteiger partial charge in [0, 0.05) is 5.92 Å². The first-order chi connectivity index (χ1) is 10.5. The van der Waals surface area contributed by atoms with Gasteiger partial charge in [0.15, 0.2) is 11.5 Å².